The Balaban J connectivity index is 1.80. The van der Waals surface area contributed by atoms with E-state index in [1.165, 1.54) is 33.8 Å². The van der Waals surface area contributed by atoms with Gasteiger partial charge in [-0.15, -0.1) is 0 Å². The standard InChI is InChI=1S/C17H18ClNS/c1-12-5-9-15(10-6-12)20-17-13(3-2-4-16(17)18)11-19-14-7-8-14/h2-6,9-10,14,19H,7-8,11H2,1H3. The molecule has 0 bridgehead atoms. The molecular formula is C17H18ClNS. The average molecular weight is 304 g/mol. The number of hydrogen-bond donors (Lipinski definition) is 1. The molecule has 1 aliphatic rings. The van der Waals surface area contributed by atoms with E-state index in [0.29, 0.717) is 6.04 Å². The maximum absolute atomic E-state index is 6.39. The maximum Gasteiger partial charge on any atom is 0.0548 e. The SMILES string of the molecule is Cc1ccc(Sc2c(Cl)cccc2CNC2CC2)cc1. The number of halogens is 1. The highest BCUT2D eigenvalue weighted by Gasteiger charge is 2.20. The minimum atomic E-state index is 0.714. The first-order valence-corrected chi connectivity index (χ1v) is 8.17. The average Bonchev–Trinajstić information content (AvgIpc) is 3.26. The van der Waals surface area contributed by atoms with E-state index < -0.39 is 0 Å². The van der Waals surface area contributed by atoms with Crippen molar-refractivity contribution in [2.24, 2.45) is 0 Å². The summed E-state index contributed by atoms with van der Waals surface area (Å²) in [4.78, 5) is 2.41. The molecule has 0 spiro atoms. The second-order valence-corrected chi connectivity index (χ2v) is 6.79. The third kappa shape index (κ3) is 3.57. The van der Waals surface area contributed by atoms with E-state index in [9.17, 15) is 0 Å². The Morgan fingerprint density at radius 2 is 1.90 bits per heavy atom. The summed E-state index contributed by atoms with van der Waals surface area (Å²) in [7, 11) is 0. The third-order valence-electron chi connectivity index (χ3n) is 3.45. The monoisotopic (exact) mass is 303 g/mol. The van der Waals surface area contributed by atoms with E-state index in [2.05, 4.69) is 42.6 Å². The van der Waals surface area contributed by atoms with Crippen molar-refractivity contribution in [2.75, 3.05) is 0 Å². The highest BCUT2D eigenvalue weighted by atomic mass is 35.5. The van der Waals surface area contributed by atoms with Crippen molar-refractivity contribution < 1.29 is 0 Å². The molecule has 0 saturated heterocycles. The molecule has 3 rings (SSSR count). The minimum absolute atomic E-state index is 0.714. The van der Waals surface area contributed by atoms with Crippen molar-refractivity contribution in [3.8, 4) is 0 Å². The van der Waals surface area contributed by atoms with Gasteiger partial charge in [-0.05, 0) is 43.5 Å². The lowest BCUT2D eigenvalue weighted by molar-refractivity contribution is 0.680. The molecule has 0 aliphatic heterocycles. The van der Waals surface area contributed by atoms with Crippen molar-refractivity contribution in [3.63, 3.8) is 0 Å². The van der Waals surface area contributed by atoms with Crippen LogP contribution >= 0.6 is 23.4 Å². The molecule has 1 nitrogen and oxygen atoms in total. The van der Waals surface area contributed by atoms with Gasteiger partial charge in [-0.1, -0.05) is 53.2 Å². The second kappa shape index (κ2) is 6.21. The Hall–Kier alpha value is -0.960. The van der Waals surface area contributed by atoms with E-state index in [4.69, 9.17) is 11.6 Å². The molecule has 0 atom stereocenters. The van der Waals surface area contributed by atoms with Crippen LogP contribution in [0.25, 0.3) is 0 Å². The Bertz CT molecular complexity index is 590. The molecule has 1 fully saturated rings. The van der Waals surface area contributed by atoms with Gasteiger partial charge in [0, 0.05) is 22.4 Å². The summed E-state index contributed by atoms with van der Waals surface area (Å²) in [6.45, 7) is 3.01. The lowest BCUT2D eigenvalue weighted by atomic mass is 10.2. The first-order chi connectivity index (χ1) is 9.72. The molecule has 1 N–H and O–H groups in total. The van der Waals surface area contributed by atoms with Gasteiger partial charge in [0.25, 0.3) is 0 Å². The van der Waals surface area contributed by atoms with Gasteiger partial charge in [0.15, 0.2) is 0 Å². The summed E-state index contributed by atoms with van der Waals surface area (Å²) in [6, 6.07) is 15.5. The van der Waals surface area contributed by atoms with Gasteiger partial charge in [0.05, 0.1) is 5.02 Å². The molecule has 2 aromatic carbocycles. The fourth-order valence-corrected chi connectivity index (χ4v) is 3.33. The summed E-state index contributed by atoms with van der Waals surface area (Å²) in [5.41, 5.74) is 2.57. The fraction of sp³-hybridized carbons (Fsp3) is 0.294. The van der Waals surface area contributed by atoms with Crippen LogP contribution in [0.5, 0.6) is 0 Å². The highest BCUT2D eigenvalue weighted by Crippen LogP contribution is 2.36. The van der Waals surface area contributed by atoms with Crippen molar-refractivity contribution in [1.29, 1.82) is 0 Å². The molecule has 20 heavy (non-hydrogen) atoms. The number of benzene rings is 2. The fourth-order valence-electron chi connectivity index (χ4n) is 2.07. The van der Waals surface area contributed by atoms with Crippen molar-refractivity contribution >= 4 is 23.4 Å². The smallest absolute Gasteiger partial charge is 0.0548 e. The lowest BCUT2D eigenvalue weighted by Gasteiger charge is -2.12. The van der Waals surface area contributed by atoms with Crippen molar-refractivity contribution in [1.82, 2.24) is 5.32 Å². The van der Waals surface area contributed by atoms with Gasteiger partial charge in [0.2, 0.25) is 0 Å². The number of nitrogens with one attached hydrogen (secondary N) is 1. The molecule has 0 radical (unpaired) electrons. The Labute approximate surface area is 129 Å². The Kier molecular flexibility index (Phi) is 4.35. The summed E-state index contributed by atoms with van der Waals surface area (Å²) in [5.74, 6) is 0. The predicted octanol–water partition coefficient (Wildman–Crippen LogP) is 5.05. The molecule has 1 aliphatic carbocycles. The maximum atomic E-state index is 6.39. The van der Waals surface area contributed by atoms with Crippen LogP contribution in [0, 0.1) is 6.92 Å². The van der Waals surface area contributed by atoms with E-state index in [1.54, 1.807) is 11.8 Å². The van der Waals surface area contributed by atoms with Gasteiger partial charge in [-0.2, -0.15) is 0 Å². The van der Waals surface area contributed by atoms with Crippen LogP contribution in [0.15, 0.2) is 52.3 Å². The first-order valence-electron chi connectivity index (χ1n) is 6.97. The third-order valence-corrected chi connectivity index (χ3v) is 5.07. The molecule has 3 heteroatoms. The predicted molar refractivity (Wildman–Crippen MR) is 86.6 cm³/mol. The molecule has 0 heterocycles. The van der Waals surface area contributed by atoms with E-state index >= 15 is 0 Å². The van der Waals surface area contributed by atoms with Gasteiger partial charge >= 0.3 is 0 Å². The number of hydrogen-bond acceptors (Lipinski definition) is 2. The summed E-state index contributed by atoms with van der Waals surface area (Å²) in [6.07, 6.45) is 2.61. The van der Waals surface area contributed by atoms with Crippen LogP contribution in [0.1, 0.15) is 24.0 Å². The number of rotatable bonds is 5. The molecular weight excluding hydrogens is 286 g/mol. The van der Waals surface area contributed by atoms with Crippen molar-refractivity contribution in [2.45, 2.75) is 42.1 Å². The zero-order valence-electron chi connectivity index (χ0n) is 11.5. The van der Waals surface area contributed by atoms with E-state index in [-0.39, 0.29) is 0 Å². The molecule has 0 aromatic heterocycles. The molecule has 1 saturated carbocycles. The Morgan fingerprint density at radius 1 is 1.15 bits per heavy atom. The van der Waals surface area contributed by atoms with E-state index in [0.717, 1.165) is 11.6 Å². The summed E-state index contributed by atoms with van der Waals surface area (Å²) in [5, 5.41) is 4.40. The van der Waals surface area contributed by atoms with Crippen LogP contribution in [-0.4, -0.2) is 6.04 Å². The lowest BCUT2D eigenvalue weighted by Crippen LogP contribution is -2.15. The number of aryl methyl sites for hydroxylation is 1. The molecule has 2 aromatic rings. The van der Waals surface area contributed by atoms with Crippen molar-refractivity contribution in [3.05, 3.63) is 58.6 Å². The summed E-state index contributed by atoms with van der Waals surface area (Å²) < 4.78 is 0. The molecule has 0 amide bonds. The minimum Gasteiger partial charge on any atom is -0.310 e. The topological polar surface area (TPSA) is 12.0 Å². The second-order valence-electron chi connectivity index (χ2n) is 5.30. The quantitative estimate of drug-likeness (QED) is 0.829. The van der Waals surface area contributed by atoms with Gasteiger partial charge in [0.1, 0.15) is 0 Å². The van der Waals surface area contributed by atoms with Gasteiger partial charge < -0.3 is 5.32 Å². The Morgan fingerprint density at radius 3 is 2.60 bits per heavy atom. The van der Waals surface area contributed by atoms with Crippen LogP contribution in [0.3, 0.4) is 0 Å². The molecule has 0 unspecified atom stereocenters. The normalized spacial score (nSPS) is 14.5. The van der Waals surface area contributed by atoms with Crippen LogP contribution < -0.4 is 5.32 Å². The molecule has 104 valence electrons. The van der Waals surface area contributed by atoms with Crippen LogP contribution in [-0.2, 0) is 6.54 Å². The van der Waals surface area contributed by atoms with Gasteiger partial charge in [-0.25, -0.2) is 0 Å². The van der Waals surface area contributed by atoms with Gasteiger partial charge in [-0.3, -0.25) is 0 Å². The highest BCUT2D eigenvalue weighted by molar-refractivity contribution is 7.99. The zero-order valence-corrected chi connectivity index (χ0v) is 13.1. The van der Waals surface area contributed by atoms with Crippen LogP contribution in [0.4, 0.5) is 0 Å². The van der Waals surface area contributed by atoms with E-state index in [1.807, 2.05) is 12.1 Å². The van der Waals surface area contributed by atoms with Crippen LogP contribution in [0.2, 0.25) is 5.02 Å². The first kappa shape index (κ1) is 14.0. The summed E-state index contributed by atoms with van der Waals surface area (Å²) >= 11 is 8.14. The largest absolute Gasteiger partial charge is 0.310 e. The zero-order chi connectivity index (χ0) is 13.9.